The van der Waals surface area contributed by atoms with Gasteiger partial charge < -0.3 is 4.74 Å². The lowest BCUT2D eigenvalue weighted by molar-refractivity contribution is -0.137. The molecular weight excluding hydrogens is 368 g/mol. The Bertz CT molecular complexity index is 712. The number of thioether (sulfide) groups is 1. The molecule has 3 rings (SSSR count). The monoisotopic (exact) mass is 380 g/mol. The van der Waals surface area contributed by atoms with E-state index < -0.39 is 12.0 Å². The van der Waals surface area contributed by atoms with E-state index in [1.165, 1.54) is 18.9 Å². The van der Waals surface area contributed by atoms with Crippen LogP contribution in [0, 0.1) is 0 Å². The number of amidine groups is 1. The van der Waals surface area contributed by atoms with Crippen LogP contribution in [0.4, 0.5) is 0 Å². The predicted molar refractivity (Wildman–Crippen MR) is 88.3 cm³/mol. The first-order valence-corrected chi connectivity index (χ1v) is 8.39. The summed E-state index contributed by atoms with van der Waals surface area (Å²) in [7, 11) is 1.33. The highest BCUT2D eigenvalue weighted by Crippen LogP contribution is 2.41. The van der Waals surface area contributed by atoms with Crippen LogP contribution in [-0.2, 0) is 14.3 Å². The van der Waals surface area contributed by atoms with Crippen LogP contribution in [0.3, 0.4) is 0 Å². The molecule has 0 spiro atoms. The molecule has 0 unspecified atom stereocenters. The normalized spacial score (nSPS) is 20.9. The van der Waals surface area contributed by atoms with Gasteiger partial charge in [0, 0.05) is 4.47 Å². The summed E-state index contributed by atoms with van der Waals surface area (Å²) in [4.78, 5) is 30.5. The van der Waals surface area contributed by atoms with Crippen molar-refractivity contribution in [1.29, 1.82) is 0 Å². The van der Waals surface area contributed by atoms with Gasteiger partial charge in [0.15, 0.2) is 5.17 Å². The zero-order chi connectivity index (χ0) is 15.9. The van der Waals surface area contributed by atoms with Crippen molar-refractivity contribution in [2.75, 3.05) is 12.9 Å². The minimum Gasteiger partial charge on any atom is -0.466 e. The zero-order valence-electron chi connectivity index (χ0n) is 12.0. The van der Waals surface area contributed by atoms with Crippen LogP contribution in [0.1, 0.15) is 18.5 Å². The third kappa shape index (κ3) is 2.48. The van der Waals surface area contributed by atoms with Crippen LogP contribution in [0.15, 0.2) is 45.0 Å². The smallest absolute Gasteiger partial charge is 0.338 e. The first kappa shape index (κ1) is 15.3. The molecule has 5 nitrogen and oxygen atoms in total. The number of rotatable bonds is 2. The summed E-state index contributed by atoms with van der Waals surface area (Å²) in [5.74, 6) is -0.170. The highest BCUT2D eigenvalue weighted by atomic mass is 79.9. The average molecular weight is 381 g/mol. The number of ether oxygens (including phenoxy) is 1. The fraction of sp³-hybridized carbons (Fsp3) is 0.267. The highest BCUT2D eigenvalue weighted by molar-refractivity contribution is 9.10. The Kier molecular flexibility index (Phi) is 4.10. The van der Waals surface area contributed by atoms with Crippen LogP contribution in [0.2, 0.25) is 0 Å². The molecule has 2 aliphatic heterocycles. The van der Waals surface area contributed by atoms with Gasteiger partial charge in [0.1, 0.15) is 0 Å². The van der Waals surface area contributed by atoms with Crippen molar-refractivity contribution in [3.8, 4) is 0 Å². The average Bonchev–Trinajstić information content (AvgIpc) is 2.87. The van der Waals surface area contributed by atoms with E-state index in [4.69, 9.17) is 4.74 Å². The van der Waals surface area contributed by atoms with E-state index in [0.29, 0.717) is 22.2 Å². The molecule has 22 heavy (non-hydrogen) atoms. The number of halogens is 1. The van der Waals surface area contributed by atoms with Crippen molar-refractivity contribution in [3.63, 3.8) is 0 Å². The molecule has 2 heterocycles. The SMILES string of the molecule is COC(=O)C1=C(C)N=C2SCC(=O)N2[C@H]1c1ccc(Br)cc1. The lowest BCUT2D eigenvalue weighted by atomic mass is 9.94. The summed E-state index contributed by atoms with van der Waals surface area (Å²) in [5.41, 5.74) is 1.85. The van der Waals surface area contributed by atoms with Crippen LogP contribution >= 0.6 is 27.7 Å². The van der Waals surface area contributed by atoms with Crippen molar-refractivity contribution < 1.29 is 14.3 Å². The van der Waals surface area contributed by atoms with E-state index in [-0.39, 0.29) is 5.91 Å². The van der Waals surface area contributed by atoms with E-state index in [0.717, 1.165) is 10.0 Å². The largest absolute Gasteiger partial charge is 0.466 e. The molecule has 1 saturated heterocycles. The Balaban J connectivity index is 2.16. The number of nitrogens with zero attached hydrogens (tertiary/aromatic N) is 2. The molecule has 1 aromatic carbocycles. The third-order valence-electron chi connectivity index (χ3n) is 3.58. The fourth-order valence-electron chi connectivity index (χ4n) is 2.57. The van der Waals surface area contributed by atoms with E-state index >= 15 is 0 Å². The Morgan fingerprint density at radius 3 is 2.73 bits per heavy atom. The molecular formula is C15H13BrN2O3S. The number of aliphatic imine (C=N–C) groups is 1. The maximum Gasteiger partial charge on any atom is 0.338 e. The molecule has 1 atom stereocenters. The van der Waals surface area contributed by atoms with Crippen molar-refractivity contribution in [1.82, 2.24) is 4.90 Å². The topological polar surface area (TPSA) is 59.0 Å². The molecule has 0 radical (unpaired) electrons. The van der Waals surface area contributed by atoms with Gasteiger partial charge in [-0.05, 0) is 24.6 Å². The number of allylic oxidation sites excluding steroid dienone is 1. The number of hydrogen-bond acceptors (Lipinski definition) is 5. The van der Waals surface area contributed by atoms with Gasteiger partial charge >= 0.3 is 5.97 Å². The Labute approximate surface area is 140 Å². The highest BCUT2D eigenvalue weighted by Gasteiger charge is 2.43. The quantitative estimate of drug-likeness (QED) is 0.740. The number of fused-ring (bicyclic) bond motifs is 1. The number of methoxy groups -OCH3 is 1. The fourth-order valence-corrected chi connectivity index (χ4v) is 3.78. The van der Waals surface area contributed by atoms with Crippen molar-refractivity contribution in [2.24, 2.45) is 4.99 Å². The van der Waals surface area contributed by atoms with Gasteiger partial charge in [0.05, 0.1) is 30.2 Å². The first-order chi connectivity index (χ1) is 10.5. The number of amides is 1. The van der Waals surface area contributed by atoms with Gasteiger partial charge in [-0.25, -0.2) is 9.79 Å². The zero-order valence-corrected chi connectivity index (χ0v) is 14.4. The predicted octanol–water partition coefficient (Wildman–Crippen LogP) is 2.88. The van der Waals surface area contributed by atoms with Gasteiger partial charge in [0.2, 0.25) is 5.91 Å². The summed E-state index contributed by atoms with van der Waals surface area (Å²) >= 11 is 4.79. The molecule has 0 N–H and O–H groups in total. The number of carbonyl (C=O) groups excluding carboxylic acids is 2. The van der Waals surface area contributed by atoms with Crippen molar-refractivity contribution in [2.45, 2.75) is 13.0 Å². The minimum absolute atomic E-state index is 0.0504. The first-order valence-electron chi connectivity index (χ1n) is 6.61. The standard InChI is InChI=1S/C15H13BrN2O3S/c1-8-12(14(20)21-2)13(9-3-5-10(16)6-4-9)18-11(19)7-22-15(18)17-8/h3-6,13H,7H2,1-2H3/t13-/m0/s1. The number of carbonyl (C=O) groups is 2. The van der Waals surface area contributed by atoms with E-state index in [1.807, 2.05) is 24.3 Å². The number of benzene rings is 1. The summed E-state index contributed by atoms with van der Waals surface area (Å²) in [5, 5.41) is 0.642. The lowest BCUT2D eigenvalue weighted by Gasteiger charge is -2.32. The van der Waals surface area contributed by atoms with E-state index in [9.17, 15) is 9.59 Å². The molecule has 0 bridgehead atoms. The Hall–Kier alpha value is -1.60. The van der Waals surface area contributed by atoms with Gasteiger partial charge in [-0.3, -0.25) is 9.69 Å². The van der Waals surface area contributed by atoms with Gasteiger partial charge in [-0.1, -0.05) is 39.8 Å². The van der Waals surface area contributed by atoms with Gasteiger partial charge in [-0.15, -0.1) is 0 Å². The minimum atomic E-state index is -0.490. The molecule has 1 fully saturated rings. The second kappa shape index (κ2) is 5.89. The maximum atomic E-state index is 12.3. The van der Waals surface area contributed by atoms with Crippen molar-refractivity contribution >= 4 is 44.7 Å². The summed E-state index contributed by atoms with van der Waals surface area (Å²) in [6, 6.07) is 7.07. The van der Waals surface area contributed by atoms with Crippen LogP contribution in [0.5, 0.6) is 0 Å². The van der Waals surface area contributed by atoms with E-state index in [2.05, 4.69) is 20.9 Å². The molecule has 0 aliphatic carbocycles. The second-order valence-electron chi connectivity index (χ2n) is 4.89. The van der Waals surface area contributed by atoms with Gasteiger partial charge in [0.25, 0.3) is 0 Å². The van der Waals surface area contributed by atoms with Crippen molar-refractivity contribution in [3.05, 3.63) is 45.6 Å². The molecule has 2 aliphatic rings. The summed E-state index contributed by atoms with van der Waals surface area (Å²) in [6.07, 6.45) is 0. The van der Waals surface area contributed by atoms with Crippen LogP contribution in [-0.4, -0.2) is 34.8 Å². The molecule has 0 saturated carbocycles. The second-order valence-corrected chi connectivity index (χ2v) is 6.75. The summed E-state index contributed by atoms with van der Waals surface area (Å²) < 4.78 is 5.83. The van der Waals surface area contributed by atoms with Crippen LogP contribution in [0.25, 0.3) is 0 Å². The van der Waals surface area contributed by atoms with E-state index in [1.54, 1.807) is 11.8 Å². The van der Waals surface area contributed by atoms with Gasteiger partial charge in [-0.2, -0.15) is 0 Å². The lowest BCUT2D eigenvalue weighted by Crippen LogP contribution is -2.39. The number of hydrogen-bond donors (Lipinski definition) is 0. The molecule has 1 aromatic rings. The molecule has 0 aromatic heterocycles. The Morgan fingerprint density at radius 2 is 2.09 bits per heavy atom. The van der Waals surface area contributed by atoms with Crippen LogP contribution < -0.4 is 0 Å². The maximum absolute atomic E-state index is 12.3. The third-order valence-corrected chi connectivity index (χ3v) is 5.04. The number of esters is 1. The molecule has 7 heteroatoms. The molecule has 114 valence electrons. The molecule has 1 amide bonds. The Morgan fingerprint density at radius 1 is 1.41 bits per heavy atom. The summed E-state index contributed by atoms with van der Waals surface area (Å²) in [6.45, 7) is 1.77.